The molecule has 1 amide bonds. The van der Waals surface area contributed by atoms with E-state index in [1.54, 1.807) is 49.4 Å². The van der Waals surface area contributed by atoms with Crippen LogP contribution in [-0.4, -0.2) is 28.2 Å². The molecule has 3 aromatic carbocycles. The van der Waals surface area contributed by atoms with Crippen molar-refractivity contribution >= 4 is 35.0 Å². The molecule has 11 heteroatoms. The van der Waals surface area contributed by atoms with Crippen LogP contribution in [0.1, 0.15) is 28.7 Å². The zero-order chi connectivity index (χ0) is 26.1. The van der Waals surface area contributed by atoms with Crippen LogP contribution in [0.15, 0.2) is 71.9 Å². The maximum absolute atomic E-state index is 14.3. The number of hydrogen-bond donors (Lipinski definition) is 1. The summed E-state index contributed by atoms with van der Waals surface area (Å²) in [6.07, 6.45) is -6.83. The molecule has 0 aliphatic carbocycles. The van der Waals surface area contributed by atoms with Crippen molar-refractivity contribution in [2.75, 3.05) is 0 Å². The highest BCUT2D eigenvalue weighted by Crippen LogP contribution is 2.49. The van der Waals surface area contributed by atoms with E-state index in [2.05, 4.69) is 5.16 Å². The van der Waals surface area contributed by atoms with Crippen LogP contribution >= 0.6 is 23.2 Å². The Morgan fingerprint density at radius 3 is 2.39 bits per heavy atom. The number of oxime groups is 1. The molecule has 0 saturated carbocycles. The fourth-order valence-electron chi connectivity index (χ4n) is 3.73. The topological polar surface area (TPSA) is 71.4 Å². The normalized spacial score (nSPS) is 17.3. The summed E-state index contributed by atoms with van der Waals surface area (Å²) in [6.45, 7) is 1.62. The summed E-state index contributed by atoms with van der Waals surface area (Å²) in [5, 5.41) is 14.1. The van der Waals surface area contributed by atoms with Crippen LogP contribution in [0.2, 0.25) is 10.0 Å². The van der Waals surface area contributed by atoms with Crippen LogP contribution in [0.5, 0.6) is 5.75 Å². The van der Waals surface area contributed by atoms with Gasteiger partial charge in [0.1, 0.15) is 0 Å². The van der Waals surface area contributed by atoms with Crippen molar-refractivity contribution in [2.24, 2.45) is 5.16 Å². The van der Waals surface area contributed by atoms with Crippen molar-refractivity contribution in [3.8, 4) is 5.75 Å². The molecular formula is C25H19Cl2F3N2O4. The molecule has 0 aromatic heterocycles. The quantitative estimate of drug-likeness (QED) is 0.333. The Morgan fingerprint density at radius 2 is 1.78 bits per heavy atom. The molecule has 0 fully saturated rings. The van der Waals surface area contributed by atoms with Crippen LogP contribution < -0.4 is 4.84 Å². The first-order valence-corrected chi connectivity index (χ1v) is 11.4. The summed E-state index contributed by atoms with van der Waals surface area (Å²) >= 11 is 11.9. The van der Waals surface area contributed by atoms with Gasteiger partial charge in [0.2, 0.25) is 0 Å². The van der Waals surface area contributed by atoms with Gasteiger partial charge >= 0.3 is 12.3 Å². The van der Waals surface area contributed by atoms with Gasteiger partial charge in [-0.25, -0.2) is 4.79 Å². The second kappa shape index (κ2) is 9.91. The molecular weight excluding hydrogens is 520 g/mol. The molecule has 4 rings (SSSR count). The smallest absolute Gasteiger partial charge is 0.441 e. The van der Waals surface area contributed by atoms with Crippen LogP contribution in [0.4, 0.5) is 18.0 Å². The van der Waals surface area contributed by atoms with Crippen molar-refractivity contribution in [2.45, 2.75) is 31.7 Å². The first-order chi connectivity index (χ1) is 17.0. The SMILES string of the molecule is Cc1ccc(C2=NOC(c3cc(Cl)cc(Cl)c3)(C(F)(F)F)C2)cc1ON(Cc1ccccc1)C(=O)O. The molecule has 0 saturated heterocycles. The third-order valence-electron chi connectivity index (χ3n) is 5.63. The number of amides is 1. The Hall–Kier alpha value is -3.43. The van der Waals surface area contributed by atoms with Crippen molar-refractivity contribution in [1.82, 2.24) is 5.06 Å². The second-order valence-corrected chi connectivity index (χ2v) is 9.04. The number of halogens is 5. The maximum atomic E-state index is 14.3. The highest BCUT2D eigenvalue weighted by atomic mass is 35.5. The third-order valence-corrected chi connectivity index (χ3v) is 6.06. The zero-order valence-electron chi connectivity index (χ0n) is 18.7. The minimum absolute atomic E-state index is 0.00166. The van der Waals surface area contributed by atoms with Crippen LogP contribution in [0.3, 0.4) is 0 Å². The predicted molar refractivity (Wildman–Crippen MR) is 128 cm³/mol. The lowest BCUT2D eigenvalue weighted by atomic mass is 9.86. The molecule has 0 spiro atoms. The minimum atomic E-state index is -4.84. The van der Waals surface area contributed by atoms with E-state index in [4.69, 9.17) is 32.9 Å². The molecule has 6 nitrogen and oxygen atoms in total. The van der Waals surface area contributed by atoms with Gasteiger partial charge in [0.15, 0.2) is 5.75 Å². The number of benzene rings is 3. The predicted octanol–water partition coefficient (Wildman–Crippen LogP) is 7.36. The Kier molecular flexibility index (Phi) is 7.06. The Bertz CT molecular complexity index is 1300. The van der Waals surface area contributed by atoms with E-state index >= 15 is 0 Å². The largest absolute Gasteiger partial charge is 0.463 e. The monoisotopic (exact) mass is 538 g/mol. The minimum Gasteiger partial charge on any atom is -0.463 e. The number of aryl methyl sites for hydroxylation is 1. The van der Waals surface area contributed by atoms with Gasteiger partial charge in [0, 0.05) is 27.6 Å². The standard InChI is InChI=1S/C25H19Cl2F3N2O4/c1-15-7-8-17(9-22(15)35-32(23(33)34)14-16-5-3-2-4-6-16)21-13-24(36-31-21,25(28,29)30)18-10-19(26)12-20(27)11-18/h2-12H,13-14H2,1H3,(H,33,34). The summed E-state index contributed by atoms with van der Waals surface area (Å²) in [7, 11) is 0. The molecule has 0 radical (unpaired) electrons. The van der Waals surface area contributed by atoms with Crippen molar-refractivity contribution in [3.05, 3.63) is 99.0 Å². The molecule has 188 valence electrons. The molecule has 1 atom stereocenters. The average Bonchev–Trinajstić information content (AvgIpc) is 3.27. The van der Waals surface area contributed by atoms with Gasteiger partial charge in [-0.1, -0.05) is 70.8 Å². The van der Waals surface area contributed by atoms with Gasteiger partial charge in [0.05, 0.1) is 12.3 Å². The fraction of sp³-hybridized carbons (Fsp3) is 0.200. The summed E-state index contributed by atoms with van der Waals surface area (Å²) in [5.74, 6) is 0.142. The molecule has 1 heterocycles. The number of nitrogens with zero attached hydrogens (tertiary/aromatic N) is 2. The van der Waals surface area contributed by atoms with Crippen LogP contribution in [0.25, 0.3) is 0 Å². The summed E-state index contributed by atoms with van der Waals surface area (Å²) in [5.41, 5.74) is -1.53. The molecule has 1 aliphatic heterocycles. The Morgan fingerprint density at radius 1 is 1.11 bits per heavy atom. The molecule has 0 bridgehead atoms. The van der Waals surface area contributed by atoms with Gasteiger partial charge in [-0.05, 0) is 42.3 Å². The van der Waals surface area contributed by atoms with E-state index in [0.717, 1.165) is 17.2 Å². The maximum Gasteiger partial charge on any atom is 0.441 e. The van der Waals surface area contributed by atoms with Gasteiger partial charge in [-0.15, -0.1) is 5.06 Å². The summed E-state index contributed by atoms with van der Waals surface area (Å²) in [4.78, 5) is 22.4. The van der Waals surface area contributed by atoms with Crippen LogP contribution in [0, 0.1) is 6.92 Å². The molecule has 1 aliphatic rings. The first kappa shape index (κ1) is 25.7. The van der Waals surface area contributed by atoms with E-state index < -0.39 is 24.3 Å². The molecule has 3 aromatic rings. The van der Waals surface area contributed by atoms with E-state index in [0.29, 0.717) is 11.1 Å². The molecule has 1 unspecified atom stereocenters. The Balaban J connectivity index is 1.63. The van der Waals surface area contributed by atoms with Crippen molar-refractivity contribution < 1.29 is 32.7 Å². The van der Waals surface area contributed by atoms with Gasteiger partial charge in [-0.3, -0.25) is 0 Å². The third kappa shape index (κ3) is 5.22. The number of hydroxylamine groups is 2. The second-order valence-electron chi connectivity index (χ2n) is 8.17. The first-order valence-electron chi connectivity index (χ1n) is 10.6. The van der Waals surface area contributed by atoms with Gasteiger partial charge in [-0.2, -0.15) is 13.2 Å². The van der Waals surface area contributed by atoms with Crippen LogP contribution in [-0.2, 0) is 17.0 Å². The highest BCUT2D eigenvalue weighted by Gasteiger charge is 2.62. The van der Waals surface area contributed by atoms with E-state index in [1.165, 1.54) is 12.1 Å². The Labute approximate surface area is 214 Å². The number of alkyl halides is 3. The zero-order valence-corrected chi connectivity index (χ0v) is 20.2. The molecule has 1 N–H and O–H groups in total. The number of hydrogen-bond acceptors (Lipinski definition) is 4. The lowest BCUT2D eigenvalue weighted by Crippen LogP contribution is -2.42. The summed E-state index contributed by atoms with van der Waals surface area (Å²) < 4.78 is 42.9. The van der Waals surface area contributed by atoms with E-state index in [1.807, 2.05) is 0 Å². The lowest BCUT2D eigenvalue weighted by molar-refractivity contribution is -0.275. The van der Waals surface area contributed by atoms with E-state index in [9.17, 15) is 23.1 Å². The van der Waals surface area contributed by atoms with Gasteiger partial charge < -0.3 is 14.8 Å². The van der Waals surface area contributed by atoms with Crippen molar-refractivity contribution in [1.29, 1.82) is 0 Å². The molecule has 36 heavy (non-hydrogen) atoms. The highest BCUT2D eigenvalue weighted by molar-refractivity contribution is 6.34. The summed E-state index contributed by atoms with van der Waals surface area (Å²) in [6, 6.07) is 17.0. The number of rotatable bonds is 6. The number of carbonyl (C=O) groups is 1. The van der Waals surface area contributed by atoms with Crippen molar-refractivity contribution in [3.63, 3.8) is 0 Å². The number of carboxylic acid groups (broad SMARTS) is 1. The average molecular weight is 539 g/mol. The lowest BCUT2D eigenvalue weighted by Gasteiger charge is -2.29. The van der Waals surface area contributed by atoms with Gasteiger partial charge in [0.25, 0.3) is 5.60 Å². The van der Waals surface area contributed by atoms with E-state index in [-0.39, 0.29) is 39.2 Å². The fourth-order valence-corrected chi connectivity index (χ4v) is 4.26.